The molecule has 0 fully saturated rings. The van der Waals surface area contributed by atoms with Gasteiger partial charge in [0, 0.05) is 59.5 Å². The first-order chi connectivity index (χ1) is 17.2. The predicted octanol–water partition coefficient (Wildman–Crippen LogP) is 7.98. The largest absolute Gasteiger partial charge is 0.372 e. The van der Waals surface area contributed by atoms with Crippen LogP contribution in [0.25, 0.3) is 0 Å². The zero-order valence-electron chi connectivity index (χ0n) is 24.4. The van der Waals surface area contributed by atoms with E-state index in [2.05, 4.69) is 4.98 Å². The Hall–Kier alpha value is -2.25. The Morgan fingerprint density at radius 2 is 1.55 bits per heavy atom. The molecule has 0 radical (unpaired) electrons. The minimum absolute atomic E-state index is 0.000827. The number of hydrogen-bond acceptors (Lipinski definition) is 4. The SMILES string of the molecule is CC(C)c1cc2c(c(C(C)(C)C)n1)N(C)CC(CC(C)c1nc(C(C)(C)C)c3c(n1)C(F)(F)CC3)C2(F)F. The molecule has 2 unspecified atom stereocenters. The fourth-order valence-electron chi connectivity index (χ4n) is 5.81. The van der Waals surface area contributed by atoms with Gasteiger partial charge in [-0.1, -0.05) is 62.3 Å². The van der Waals surface area contributed by atoms with Crippen LogP contribution in [0.1, 0.15) is 127 Å². The second-order valence-electron chi connectivity index (χ2n) is 13.7. The molecule has 0 amide bonds. The van der Waals surface area contributed by atoms with E-state index in [-0.39, 0.29) is 48.8 Å². The van der Waals surface area contributed by atoms with Gasteiger partial charge >= 0.3 is 0 Å². The van der Waals surface area contributed by atoms with Crippen LogP contribution in [0.2, 0.25) is 0 Å². The molecule has 0 spiro atoms. The first-order valence-corrected chi connectivity index (χ1v) is 13.7. The van der Waals surface area contributed by atoms with Gasteiger partial charge in [-0.05, 0) is 24.8 Å². The van der Waals surface area contributed by atoms with Gasteiger partial charge in [-0.25, -0.2) is 18.7 Å². The topological polar surface area (TPSA) is 41.9 Å². The summed E-state index contributed by atoms with van der Waals surface area (Å²) in [5.41, 5.74) is 1.84. The summed E-state index contributed by atoms with van der Waals surface area (Å²) < 4.78 is 62.2. The molecule has 3 heterocycles. The molecule has 1 aliphatic heterocycles. The first-order valence-electron chi connectivity index (χ1n) is 13.7. The number of anilines is 1. The summed E-state index contributed by atoms with van der Waals surface area (Å²) in [5.74, 6) is -7.45. The molecule has 0 N–H and O–H groups in total. The van der Waals surface area contributed by atoms with Crippen LogP contribution in [0, 0.1) is 5.92 Å². The lowest BCUT2D eigenvalue weighted by Gasteiger charge is -2.42. The number of pyridine rings is 1. The van der Waals surface area contributed by atoms with Crippen LogP contribution >= 0.6 is 0 Å². The molecule has 0 bridgehead atoms. The summed E-state index contributed by atoms with van der Waals surface area (Å²) >= 11 is 0. The summed E-state index contributed by atoms with van der Waals surface area (Å²) in [6.45, 7) is 17.6. The number of hydrogen-bond donors (Lipinski definition) is 0. The monoisotopic (exact) mass is 534 g/mol. The van der Waals surface area contributed by atoms with Gasteiger partial charge in [-0.3, -0.25) is 4.98 Å². The molecule has 1 aliphatic carbocycles. The third-order valence-corrected chi connectivity index (χ3v) is 7.91. The Morgan fingerprint density at radius 3 is 2.11 bits per heavy atom. The highest BCUT2D eigenvalue weighted by Gasteiger charge is 2.50. The van der Waals surface area contributed by atoms with E-state index in [0.717, 1.165) is 0 Å². The molecular formula is C30H42F4N4. The van der Waals surface area contributed by atoms with Crippen LogP contribution in [0.3, 0.4) is 0 Å². The fourth-order valence-corrected chi connectivity index (χ4v) is 5.81. The Bertz CT molecular complexity index is 1220. The Morgan fingerprint density at radius 1 is 0.947 bits per heavy atom. The Balaban J connectivity index is 1.76. The quantitative estimate of drug-likeness (QED) is 0.373. The van der Waals surface area contributed by atoms with E-state index >= 15 is 8.78 Å². The summed E-state index contributed by atoms with van der Waals surface area (Å²) in [7, 11) is 1.84. The molecule has 210 valence electrons. The first kappa shape index (κ1) is 28.8. The number of fused-ring (bicyclic) bond motifs is 2. The number of aromatic nitrogens is 3. The number of alkyl halides is 4. The molecular weight excluding hydrogens is 492 g/mol. The Labute approximate surface area is 224 Å². The summed E-state index contributed by atoms with van der Waals surface area (Å²) in [4.78, 5) is 15.7. The lowest BCUT2D eigenvalue weighted by atomic mass is 9.79. The minimum atomic E-state index is -3.11. The van der Waals surface area contributed by atoms with Crippen molar-refractivity contribution in [1.82, 2.24) is 15.0 Å². The van der Waals surface area contributed by atoms with Crippen molar-refractivity contribution in [3.05, 3.63) is 45.8 Å². The molecule has 2 atom stereocenters. The maximum atomic E-state index is 16.3. The average Bonchev–Trinajstić information content (AvgIpc) is 3.09. The van der Waals surface area contributed by atoms with E-state index in [1.807, 2.05) is 67.3 Å². The van der Waals surface area contributed by atoms with Gasteiger partial charge in [0.2, 0.25) is 0 Å². The van der Waals surface area contributed by atoms with E-state index < -0.39 is 34.5 Å². The third kappa shape index (κ3) is 4.92. The van der Waals surface area contributed by atoms with Gasteiger partial charge in [0.1, 0.15) is 11.5 Å². The highest BCUT2D eigenvalue weighted by molar-refractivity contribution is 5.63. The van der Waals surface area contributed by atoms with Crippen molar-refractivity contribution in [3.8, 4) is 0 Å². The molecule has 4 nitrogen and oxygen atoms in total. The maximum Gasteiger partial charge on any atom is 0.290 e. The zero-order valence-corrected chi connectivity index (χ0v) is 24.4. The molecule has 2 aromatic heterocycles. The van der Waals surface area contributed by atoms with E-state index in [1.165, 1.54) is 0 Å². The smallest absolute Gasteiger partial charge is 0.290 e. The van der Waals surface area contributed by atoms with E-state index in [4.69, 9.17) is 9.97 Å². The van der Waals surface area contributed by atoms with Gasteiger partial charge in [-0.15, -0.1) is 0 Å². The summed E-state index contributed by atoms with van der Waals surface area (Å²) in [5, 5.41) is 0. The number of halogens is 4. The van der Waals surface area contributed by atoms with E-state index in [9.17, 15) is 8.78 Å². The highest BCUT2D eigenvalue weighted by Crippen LogP contribution is 2.51. The van der Waals surface area contributed by atoms with Crippen LogP contribution in [-0.2, 0) is 29.1 Å². The second-order valence-corrected chi connectivity index (χ2v) is 13.7. The predicted molar refractivity (Wildman–Crippen MR) is 144 cm³/mol. The molecule has 0 saturated carbocycles. The van der Waals surface area contributed by atoms with Crippen molar-refractivity contribution in [1.29, 1.82) is 0 Å². The lowest BCUT2D eigenvalue weighted by Crippen LogP contribution is -2.44. The van der Waals surface area contributed by atoms with Crippen LogP contribution in [0.4, 0.5) is 23.2 Å². The lowest BCUT2D eigenvalue weighted by molar-refractivity contribution is -0.0716. The summed E-state index contributed by atoms with van der Waals surface area (Å²) in [6.07, 6.45) is 0.0195. The van der Waals surface area contributed by atoms with Crippen molar-refractivity contribution < 1.29 is 17.6 Å². The summed E-state index contributed by atoms with van der Waals surface area (Å²) in [6, 6.07) is 1.56. The Kier molecular flexibility index (Phi) is 6.93. The van der Waals surface area contributed by atoms with Crippen LogP contribution in [0.15, 0.2) is 6.07 Å². The van der Waals surface area contributed by atoms with E-state index in [0.29, 0.717) is 28.3 Å². The second kappa shape index (κ2) is 9.16. The van der Waals surface area contributed by atoms with Gasteiger partial charge in [0.25, 0.3) is 11.8 Å². The van der Waals surface area contributed by atoms with Crippen molar-refractivity contribution in [2.45, 2.75) is 116 Å². The van der Waals surface area contributed by atoms with E-state index in [1.54, 1.807) is 13.0 Å². The fraction of sp³-hybridized carbons (Fsp3) is 0.700. The van der Waals surface area contributed by atoms with Gasteiger partial charge in [-0.2, -0.15) is 8.78 Å². The molecule has 0 saturated heterocycles. The molecule has 2 aromatic rings. The number of rotatable bonds is 4. The van der Waals surface area contributed by atoms with Gasteiger partial charge in [0.05, 0.1) is 17.1 Å². The van der Waals surface area contributed by atoms with Crippen LogP contribution < -0.4 is 4.90 Å². The maximum absolute atomic E-state index is 16.3. The third-order valence-electron chi connectivity index (χ3n) is 7.91. The van der Waals surface area contributed by atoms with Crippen molar-refractivity contribution in [2.24, 2.45) is 5.92 Å². The van der Waals surface area contributed by atoms with Gasteiger partial charge < -0.3 is 4.90 Å². The van der Waals surface area contributed by atoms with Gasteiger partial charge in [0.15, 0.2) is 0 Å². The molecule has 2 aliphatic rings. The molecule has 38 heavy (non-hydrogen) atoms. The number of nitrogens with zero attached hydrogens (tertiary/aromatic N) is 4. The van der Waals surface area contributed by atoms with Crippen LogP contribution in [0.5, 0.6) is 0 Å². The van der Waals surface area contributed by atoms with Crippen molar-refractivity contribution in [3.63, 3.8) is 0 Å². The van der Waals surface area contributed by atoms with Crippen molar-refractivity contribution in [2.75, 3.05) is 18.5 Å². The zero-order chi connectivity index (χ0) is 28.6. The molecule has 0 aromatic carbocycles. The van der Waals surface area contributed by atoms with Crippen LogP contribution in [-0.4, -0.2) is 28.5 Å². The average molecular weight is 535 g/mol. The highest BCUT2D eigenvalue weighted by atomic mass is 19.3. The molecule has 8 heteroatoms. The molecule has 4 rings (SSSR count). The standard InChI is InChI=1S/C30H42F4N4/c1-16(2)21-14-20-22(25(35-21)28(7,8)9)38(10)15-18(30(20,33)34)13-17(3)26-36-23(27(4,5)6)19-11-12-29(31,32)24(19)37-26/h14,16-18H,11-13,15H2,1-10H3. The van der Waals surface area contributed by atoms with Crippen molar-refractivity contribution >= 4 is 5.69 Å². The minimum Gasteiger partial charge on any atom is -0.372 e. The normalized spacial score (nSPS) is 21.4.